The monoisotopic (exact) mass is 221 g/mol. The number of ether oxygens (including phenoxy) is 1. The van der Waals surface area contributed by atoms with Crippen LogP contribution in [-0.2, 0) is 11.3 Å². The first-order chi connectivity index (χ1) is 7.85. The van der Waals surface area contributed by atoms with Crippen molar-refractivity contribution in [3.05, 3.63) is 47.8 Å². The molecular weight excluding hydrogens is 206 g/mol. The average molecular weight is 221 g/mol. The molecule has 0 radical (unpaired) electrons. The Labute approximate surface area is 94.2 Å². The van der Waals surface area contributed by atoms with E-state index in [4.69, 9.17) is 13.6 Å². The smallest absolute Gasteiger partial charge is 0.129 e. The average Bonchev–Trinajstić information content (AvgIpc) is 2.92. The second-order valence-electron chi connectivity index (χ2n) is 3.52. The maximum absolute atomic E-state index is 5.67. The molecular formula is C12H15NO3. The Balaban J connectivity index is 2.20. The van der Waals surface area contributed by atoms with Gasteiger partial charge >= 0.3 is 0 Å². The molecule has 0 aliphatic rings. The summed E-state index contributed by atoms with van der Waals surface area (Å²) in [6.07, 6.45) is 3.36. The fourth-order valence-electron chi connectivity index (χ4n) is 1.68. The zero-order valence-electron chi connectivity index (χ0n) is 9.40. The molecule has 0 aromatic carbocycles. The van der Waals surface area contributed by atoms with Crippen LogP contribution in [0.3, 0.4) is 0 Å². The number of rotatable bonds is 5. The molecule has 16 heavy (non-hydrogen) atoms. The van der Waals surface area contributed by atoms with E-state index in [1.165, 1.54) is 0 Å². The largest absolute Gasteiger partial charge is 0.472 e. The Hall–Kier alpha value is -1.52. The van der Waals surface area contributed by atoms with Crippen molar-refractivity contribution in [2.75, 3.05) is 14.2 Å². The molecule has 86 valence electrons. The van der Waals surface area contributed by atoms with Crippen molar-refractivity contribution < 1.29 is 13.6 Å². The summed E-state index contributed by atoms with van der Waals surface area (Å²) >= 11 is 0. The molecule has 2 rings (SSSR count). The lowest BCUT2D eigenvalue weighted by molar-refractivity contribution is 0.162. The third-order valence-corrected chi connectivity index (χ3v) is 2.42. The van der Waals surface area contributed by atoms with Crippen LogP contribution in [0.25, 0.3) is 0 Å². The van der Waals surface area contributed by atoms with Gasteiger partial charge in [-0.2, -0.15) is 0 Å². The topological polar surface area (TPSA) is 47.5 Å². The van der Waals surface area contributed by atoms with Gasteiger partial charge in [0, 0.05) is 12.7 Å². The van der Waals surface area contributed by atoms with Gasteiger partial charge in [0.2, 0.25) is 0 Å². The zero-order chi connectivity index (χ0) is 11.4. The molecule has 1 atom stereocenters. The number of hydrogen-bond acceptors (Lipinski definition) is 4. The quantitative estimate of drug-likeness (QED) is 0.841. The summed E-state index contributed by atoms with van der Waals surface area (Å²) in [6.45, 7) is 0.488. The fourth-order valence-corrected chi connectivity index (χ4v) is 1.68. The van der Waals surface area contributed by atoms with Crippen LogP contribution in [0, 0.1) is 0 Å². The van der Waals surface area contributed by atoms with Gasteiger partial charge in [-0.1, -0.05) is 0 Å². The Morgan fingerprint density at radius 2 is 2.25 bits per heavy atom. The van der Waals surface area contributed by atoms with Crippen molar-refractivity contribution in [1.29, 1.82) is 0 Å². The van der Waals surface area contributed by atoms with Gasteiger partial charge in [-0.3, -0.25) is 0 Å². The van der Waals surface area contributed by atoms with Gasteiger partial charge in [-0.05, 0) is 25.2 Å². The zero-order valence-corrected chi connectivity index (χ0v) is 9.40. The lowest BCUT2D eigenvalue weighted by Gasteiger charge is -2.10. The highest BCUT2D eigenvalue weighted by molar-refractivity contribution is 5.23. The molecule has 0 amide bonds. The van der Waals surface area contributed by atoms with Gasteiger partial charge in [0.05, 0.1) is 18.6 Å². The second kappa shape index (κ2) is 5.01. The van der Waals surface area contributed by atoms with Crippen molar-refractivity contribution in [1.82, 2.24) is 5.32 Å². The molecule has 2 aromatic heterocycles. The van der Waals surface area contributed by atoms with E-state index >= 15 is 0 Å². The first kappa shape index (κ1) is 11.0. The van der Waals surface area contributed by atoms with Gasteiger partial charge in [-0.25, -0.2) is 0 Å². The van der Waals surface area contributed by atoms with Crippen LogP contribution >= 0.6 is 0 Å². The Morgan fingerprint density at radius 3 is 2.88 bits per heavy atom. The minimum atomic E-state index is 0.0179. The minimum absolute atomic E-state index is 0.0179. The molecule has 0 saturated heterocycles. The van der Waals surface area contributed by atoms with E-state index in [-0.39, 0.29) is 6.04 Å². The van der Waals surface area contributed by atoms with E-state index in [0.29, 0.717) is 6.61 Å². The van der Waals surface area contributed by atoms with Gasteiger partial charge in [0.25, 0.3) is 0 Å². The highest BCUT2D eigenvalue weighted by Crippen LogP contribution is 2.24. The first-order valence-electron chi connectivity index (χ1n) is 5.12. The summed E-state index contributed by atoms with van der Waals surface area (Å²) in [7, 11) is 3.53. The summed E-state index contributed by atoms with van der Waals surface area (Å²) in [5.41, 5.74) is 1.04. The van der Waals surface area contributed by atoms with Gasteiger partial charge in [-0.15, -0.1) is 0 Å². The van der Waals surface area contributed by atoms with Crippen molar-refractivity contribution in [2.24, 2.45) is 0 Å². The molecule has 4 heteroatoms. The van der Waals surface area contributed by atoms with Crippen molar-refractivity contribution in [2.45, 2.75) is 12.6 Å². The SMILES string of the molecule is CNC(c1ccoc1)c1ccc(COC)o1. The third kappa shape index (κ3) is 2.18. The summed E-state index contributed by atoms with van der Waals surface area (Å²) in [4.78, 5) is 0. The first-order valence-corrected chi connectivity index (χ1v) is 5.12. The highest BCUT2D eigenvalue weighted by atomic mass is 16.5. The molecule has 2 heterocycles. The molecule has 2 aromatic rings. The summed E-state index contributed by atoms with van der Waals surface area (Å²) in [6, 6.07) is 5.80. The fraction of sp³-hybridized carbons (Fsp3) is 0.333. The predicted molar refractivity (Wildman–Crippen MR) is 59.0 cm³/mol. The second-order valence-corrected chi connectivity index (χ2v) is 3.52. The summed E-state index contributed by atoms with van der Waals surface area (Å²) < 4.78 is 15.8. The molecule has 0 fully saturated rings. The van der Waals surface area contributed by atoms with E-state index < -0.39 is 0 Å². The lowest BCUT2D eigenvalue weighted by atomic mass is 10.1. The minimum Gasteiger partial charge on any atom is -0.472 e. The Morgan fingerprint density at radius 1 is 1.38 bits per heavy atom. The van der Waals surface area contributed by atoms with E-state index in [0.717, 1.165) is 17.1 Å². The molecule has 0 bridgehead atoms. The Kier molecular flexibility index (Phi) is 3.44. The van der Waals surface area contributed by atoms with E-state index in [2.05, 4.69) is 5.32 Å². The van der Waals surface area contributed by atoms with Crippen LogP contribution in [0.2, 0.25) is 0 Å². The molecule has 0 aliphatic carbocycles. The van der Waals surface area contributed by atoms with Crippen LogP contribution in [0.15, 0.2) is 39.6 Å². The number of methoxy groups -OCH3 is 1. The van der Waals surface area contributed by atoms with Crippen LogP contribution in [0.1, 0.15) is 23.1 Å². The van der Waals surface area contributed by atoms with Crippen LogP contribution in [-0.4, -0.2) is 14.2 Å². The van der Waals surface area contributed by atoms with Gasteiger partial charge < -0.3 is 18.9 Å². The van der Waals surface area contributed by atoms with E-state index in [1.54, 1.807) is 19.6 Å². The van der Waals surface area contributed by atoms with E-state index in [1.807, 2.05) is 25.2 Å². The maximum atomic E-state index is 5.67. The predicted octanol–water partition coefficient (Wildman–Crippen LogP) is 2.33. The van der Waals surface area contributed by atoms with Gasteiger partial charge in [0.1, 0.15) is 18.1 Å². The summed E-state index contributed by atoms with van der Waals surface area (Å²) in [5.74, 6) is 1.68. The number of furan rings is 2. The third-order valence-electron chi connectivity index (χ3n) is 2.42. The van der Waals surface area contributed by atoms with Crippen molar-refractivity contribution in [3.8, 4) is 0 Å². The molecule has 1 unspecified atom stereocenters. The van der Waals surface area contributed by atoms with Crippen molar-refractivity contribution >= 4 is 0 Å². The maximum Gasteiger partial charge on any atom is 0.129 e. The van der Waals surface area contributed by atoms with Gasteiger partial charge in [0.15, 0.2) is 0 Å². The van der Waals surface area contributed by atoms with Crippen molar-refractivity contribution in [3.63, 3.8) is 0 Å². The number of hydrogen-bond donors (Lipinski definition) is 1. The van der Waals surface area contributed by atoms with Crippen LogP contribution < -0.4 is 5.32 Å². The molecule has 4 nitrogen and oxygen atoms in total. The molecule has 0 spiro atoms. The Bertz CT molecular complexity index is 419. The normalized spacial score (nSPS) is 12.9. The summed E-state index contributed by atoms with van der Waals surface area (Å²) in [5, 5.41) is 3.18. The highest BCUT2D eigenvalue weighted by Gasteiger charge is 2.16. The van der Waals surface area contributed by atoms with Crippen LogP contribution in [0.4, 0.5) is 0 Å². The van der Waals surface area contributed by atoms with Crippen LogP contribution in [0.5, 0.6) is 0 Å². The number of nitrogens with one attached hydrogen (secondary N) is 1. The molecule has 1 N–H and O–H groups in total. The molecule has 0 saturated carbocycles. The van der Waals surface area contributed by atoms with E-state index in [9.17, 15) is 0 Å². The lowest BCUT2D eigenvalue weighted by Crippen LogP contribution is -2.16. The standard InChI is InChI=1S/C12H15NO3/c1-13-12(9-5-6-15-7-9)11-4-3-10(16-11)8-14-2/h3-7,12-13H,8H2,1-2H3. The molecule has 0 aliphatic heterocycles.